The molecule has 0 saturated carbocycles. The fraction of sp³-hybridized carbons (Fsp3) is 0.200. The Morgan fingerprint density at radius 3 is 2.73 bits per heavy atom. The van der Waals surface area contributed by atoms with E-state index in [4.69, 9.17) is 4.74 Å². The van der Waals surface area contributed by atoms with Gasteiger partial charge >= 0.3 is 6.18 Å². The van der Waals surface area contributed by atoms with Crippen LogP contribution in [0.1, 0.15) is 21.6 Å². The van der Waals surface area contributed by atoms with Crippen molar-refractivity contribution in [3.8, 4) is 5.75 Å². The Morgan fingerprint density at radius 2 is 2.05 bits per heavy atom. The molecule has 0 fully saturated rings. The number of aromatic nitrogens is 1. The summed E-state index contributed by atoms with van der Waals surface area (Å²) in [5.41, 5.74) is 0.260. The highest BCUT2D eigenvalue weighted by atomic mass is 19.4. The zero-order valence-corrected chi connectivity index (χ0v) is 11.5. The van der Waals surface area contributed by atoms with Crippen molar-refractivity contribution in [3.05, 3.63) is 53.3 Å². The summed E-state index contributed by atoms with van der Waals surface area (Å²) in [5, 5.41) is 0. The van der Waals surface area contributed by atoms with Crippen LogP contribution >= 0.6 is 0 Å². The van der Waals surface area contributed by atoms with Gasteiger partial charge in [0.1, 0.15) is 11.4 Å². The maximum absolute atomic E-state index is 12.8. The molecule has 22 heavy (non-hydrogen) atoms. The van der Waals surface area contributed by atoms with E-state index in [1.165, 1.54) is 30.3 Å². The number of hydrogen-bond donors (Lipinski definition) is 0. The van der Waals surface area contributed by atoms with Crippen LogP contribution in [-0.4, -0.2) is 18.0 Å². The molecule has 0 atom stereocenters. The SMILES string of the molecule is COc1cnc2c(c1)CN(c1cccc(C(F)(F)F)c1)C2=O. The van der Waals surface area contributed by atoms with Gasteiger partial charge in [-0.15, -0.1) is 0 Å². The summed E-state index contributed by atoms with van der Waals surface area (Å²) in [7, 11) is 1.48. The van der Waals surface area contributed by atoms with Gasteiger partial charge in [-0.05, 0) is 24.3 Å². The van der Waals surface area contributed by atoms with E-state index in [0.29, 0.717) is 11.3 Å². The van der Waals surface area contributed by atoms with Crippen molar-refractivity contribution in [2.75, 3.05) is 12.0 Å². The van der Waals surface area contributed by atoms with Crippen molar-refractivity contribution >= 4 is 11.6 Å². The second kappa shape index (κ2) is 5.01. The summed E-state index contributed by atoms with van der Waals surface area (Å²) in [5.74, 6) is 0.0782. The fourth-order valence-electron chi connectivity index (χ4n) is 2.34. The van der Waals surface area contributed by atoms with Crippen LogP contribution in [-0.2, 0) is 12.7 Å². The van der Waals surface area contributed by atoms with E-state index in [1.54, 1.807) is 6.07 Å². The van der Waals surface area contributed by atoms with E-state index in [2.05, 4.69) is 4.98 Å². The van der Waals surface area contributed by atoms with Crippen molar-refractivity contribution in [2.45, 2.75) is 12.7 Å². The first-order valence-corrected chi connectivity index (χ1v) is 6.42. The van der Waals surface area contributed by atoms with E-state index < -0.39 is 17.6 Å². The Balaban J connectivity index is 1.96. The third kappa shape index (κ3) is 2.38. The fourth-order valence-corrected chi connectivity index (χ4v) is 2.34. The number of rotatable bonds is 2. The average Bonchev–Trinajstić information content (AvgIpc) is 2.83. The van der Waals surface area contributed by atoms with Gasteiger partial charge in [-0.25, -0.2) is 4.98 Å². The van der Waals surface area contributed by atoms with E-state index in [1.807, 2.05) is 0 Å². The Morgan fingerprint density at radius 1 is 1.27 bits per heavy atom. The molecule has 0 bridgehead atoms. The number of amides is 1. The molecule has 0 saturated heterocycles. The van der Waals surface area contributed by atoms with Gasteiger partial charge < -0.3 is 9.64 Å². The first-order chi connectivity index (χ1) is 10.4. The van der Waals surface area contributed by atoms with Gasteiger partial charge in [0.05, 0.1) is 25.4 Å². The molecule has 1 aromatic heterocycles. The quantitative estimate of drug-likeness (QED) is 0.855. The van der Waals surface area contributed by atoms with Crippen LogP contribution in [0.5, 0.6) is 5.75 Å². The largest absolute Gasteiger partial charge is 0.495 e. The molecule has 7 heteroatoms. The zero-order chi connectivity index (χ0) is 15.9. The average molecular weight is 308 g/mol. The van der Waals surface area contributed by atoms with E-state index >= 15 is 0 Å². The second-order valence-corrected chi connectivity index (χ2v) is 4.82. The number of fused-ring (bicyclic) bond motifs is 1. The number of hydrogen-bond acceptors (Lipinski definition) is 3. The first kappa shape index (κ1) is 14.4. The molecule has 1 aliphatic heterocycles. The first-order valence-electron chi connectivity index (χ1n) is 6.42. The van der Waals surface area contributed by atoms with Crippen LogP contribution in [0, 0.1) is 0 Å². The summed E-state index contributed by atoms with van der Waals surface area (Å²) in [6.45, 7) is 0.166. The third-order valence-corrected chi connectivity index (χ3v) is 3.44. The standard InChI is InChI=1S/C15H11F3N2O2/c1-22-12-5-9-8-20(14(21)13(9)19-7-12)11-4-2-3-10(6-11)15(16,17)18/h2-7H,8H2,1H3. The molecule has 2 aromatic rings. The normalized spacial score (nSPS) is 14.2. The lowest BCUT2D eigenvalue weighted by Crippen LogP contribution is -2.23. The summed E-state index contributed by atoms with van der Waals surface area (Å²) in [4.78, 5) is 17.6. The molecule has 0 spiro atoms. The topological polar surface area (TPSA) is 42.4 Å². The van der Waals surface area contributed by atoms with Crippen LogP contribution in [0.15, 0.2) is 36.5 Å². The van der Waals surface area contributed by atoms with Crippen LogP contribution in [0.2, 0.25) is 0 Å². The van der Waals surface area contributed by atoms with Crippen molar-refractivity contribution in [2.24, 2.45) is 0 Å². The predicted octanol–water partition coefficient (Wildman–Crippen LogP) is 3.27. The number of alkyl halides is 3. The molecule has 0 unspecified atom stereocenters. The van der Waals surface area contributed by atoms with Crippen molar-refractivity contribution in [1.29, 1.82) is 0 Å². The van der Waals surface area contributed by atoms with Crippen LogP contribution in [0.4, 0.5) is 18.9 Å². The molecule has 1 aliphatic rings. The molecule has 1 aromatic carbocycles. The number of halogens is 3. The molecular formula is C15H11F3N2O2. The summed E-state index contributed by atoms with van der Waals surface area (Å²) in [6.07, 6.45) is -3.04. The maximum Gasteiger partial charge on any atom is 0.416 e. The van der Waals surface area contributed by atoms with E-state index in [-0.39, 0.29) is 17.9 Å². The van der Waals surface area contributed by atoms with Gasteiger partial charge in [0.15, 0.2) is 0 Å². The number of methoxy groups -OCH3 is 1. The molecule has 0 radical (unpaired) electrons. The van der Waals surface area contributed by atoms with Gasteiger partial charge in [-0.1, -0.05) is 6.07 Å². The van der Waals surface area contributed by atoms with Gasteiger partial charge in [0.25, 0.3) is 5.91 Å². The van der Waals surface area contributed by atoms with Gasteiger partial charge in [-0.2, -0.15) is 13.2 Å². The lowest BCUT2D eigenvalue weighted by atomic mass is 10.2. The number of benzene rings is 1. The molecule has 3 rings (SSSR count). The van der Waals surface area contributed by atoms with Gasteiger partial charge in [0.2, 0.25) is 0 Å². The predicted molar refractivity (Wildman–Crippen MR) is 72.7 cm³/mol. The van der Waals surface area contributed by atoms with Crippen LogP contribution in [0.25, 0.3) is 0 Å². The maximum atomic E-state index is 12.8. The lowest BCUT2D eigenvalue weighted by Gasteiger charge is -2.17. The highest BCUT2D eigenvalue weighted by Gasteiger charge is 2.34. The number of nitrogens with zero attached hydrogens (tertiary/aromatic N) is 2. The monoisotopic (exact) mass is 308 g/mol. The Bertz CT molecular complexity index is 744. The number of carbonyl (C=O) groups is 1. The van der Waals surface area contributed by atoms with Crippen molar-refractivity contribution in [3.63, 3.8) is 0 Å². The Kier molecular flexibility index (Phi) is 3.27. The summed E-state index contributed by atoms with van der Waals surface area (Å²) >= 11 is 0. The number of ether oxygens (including phenoxy) is 1. The highest BCUT2D eigenvalue weighted by Crippen LogP contribution is 2.34. The molecule has 1 amide bonds. The Labute approximate surface area is 124 Å². The Hall–Kier alpha value is -2.57. The van der Waals surface area contributed by atoms with Gasteiger partial charge in [0, 0.05) is 11.3 Å². The minimum absolute atomic E-state index is 0.166. The molecule has 2 heterocycles. The summed E-state index contributed by atoms with van der Waals surface area (Å²) < 4.78 is 43.4. The highest BCUT2D eigenvalue weighted by molar-refractivity contribution is 6.08. The number of anilines is 1. The number of pyridine rings is 1. The minimum atomic E-state index is -4.45. The smallest absolute Gasteiger partial charge is 0.416 e. The van der Waals surface area contributed by atoms with Crippen LogP contribution < -0.4 is 9.64 Å². The lowest BCUT2D eigenvalue weighted by molar-refractivity contribution is -0.137. The molecule has 114 valence electrons. The van der Waals surface area contributed by atoms with E-state index in [9.17, 15) is 18.0 Å². The zero-order valence-electron chi connectivity index (χ0n) is 11.5. The van der Waals surface area contributed by atoms with Crippen LogP contribution in [0.3, 0.4) is 0 Å². The number of carbonyl (C=O) groups excluding carboxylic acids is 1. The van der Waals surface area contributed by atoms with Crippen molar-refractivity contribution < 1.29 is 22.7 Å². The van der Waals surface area contributed by atoms with E-state index in [0.717, 1.165) is 12.1 Å². The minimum Gasteiger partial charge on any atom is -0.495 e. The third-order valence-electron chi connectivity index (χ3n) is 3.44. The summed E-state index contributed by atoms with van der Waals surface area (Å²) in [6, 6.07) is 6.34. The second-order valence-electron chi connectivity index (χ2n) is 4.82. The molecule has 0 N–H and O–H groups in total. The molecule has 4 nitrogen and oxygen atoms in total. The van der Waals surface area contributed by atoms with Gasteiger partial charge in [-0.3, -0.25) is 4.79 Å². The molecule has 0 aliphatic carbocycles. The molecular weight excluding hydrogens is 297 g/mol. The van der Waals surface area contributed by atoms with Crippen molar-refractivity contribution in [1.82, 2.24) is 4.98 Å².